The largest absolute Gasteiger partial charge is 0.345 e. The maximum absolute atomic E-state index is 13.0. The third-order valence-corrected chi connectivity index (χ3v) is 4.93. The Bertz CT molecular complexity index is 846. The van der Waals surface area contributed by atoms with E-state index in [1.165, 1.54) is 0 Å². The lowest BCUT2D eigenvalue weighted by atomic mass is 9.91. The Hall–Kier alpha value is -2.44. The topological polar surface area (TPSA) is 83.9 Å². The molecule has 3 rings (SSSR count). The van der Waals surface area contributed by atoms with Crippen LogP contribution in [0.2, 0.25) is 0 Å². The van der Waals surface area contributed by atoms with Crippen molar-refractivity contribution in [2.45, 2.75) is 58.4 Å². The Balaban J connectivity index is 1.84. The van der Waals surface area contributed by atoms with Gasteiger partial charge in [-0.3, -0.25) is 4.79 Å². The number of nitrogens with zero attached hydrogens (tertiary/aromatic N) is 4. The van der Waals surface area contributed by atoms with E-state index in [4.69, 9.17) is 0 Å². The molecule has 7 heteroatoms. The zero-order chi connectivity index (χ0) is 18.9. The maximum atomic E-state index is 13.0. The Morgan fingerprint density at radius 3 is 2.85 bits per heavy atom. The first-order valence-electron chi connectivity index (χ1n) is 9.21. The molecule has 1 amide bonds. The first-order valence-corrected chi connectivity index (χ1v) is 9.21. The Kier molecular flexibility index (Phi) is 4.98. The molecule has 0 aromatic carbocycles. The van der Waals surface area contributed by atoms with Gasteiger partial charge in [0.15, 0.2) is 0 Å². The molecular weight excluding hydrogens is 330 g/mol. The van der Waals surface area contributed by atoms with Gasteiger partial charge in [0.2, 0.25) is 0 Å². The quantitative estimate of drug-likeness (QED) is 0.913. The summed E-state index contributed by atoms with van der Waals surface area (Å²) in [6.45, 7) is 10.2. The molecule has 1 saturated heterocycles. The second-order valence-corrected chi connectivity index (χ2v) is 7.90. The molecule has 0 radical (unpaired) electrons. The van der Waals surface area contributed by atoms with Crippen LogP contribution in [0.15, 0.2) is 23.3 Å². The van der Waals surface area contributed by atoms with E-state index in [1.807, 2.05) is 33.2 Å². The van der Waals surface area contributed by atoms with E-state index in [1.54, 1.807) is 11.0 Å². The van der Waals surface area contributed by atoms with Gasteiger partial charge in [0.25, 0.3) is 5.91 Å². The fourth-order valence-corrected chi connectivity index (χ4v) is 3.45. The lowest BCUT2D eigenvalue weighted by molar-refractivity contribution is 0.0696. The zero-order valence-electron chi connectivity index (χ0n) is 16.0. The minimum absolute atomic E-state index is 0.180. The molecule has 2 aromatic rings. The number of aromatic nitrogens is 4. The van der Waals surface area contributed by atoms with E-state index in [9.17, 15) is 9.59 Å². The lowest BCUT2D eigenvalue weighted by Gasteiger charge is -2.32. The van der Waals surface area contributed by atoms with Crippen LogP contribution in [-0.2, 0) is 12.0 Å². The van der Waals surface area contributed by atoms with Gasteiger partial charge in [0.05, 0.1) is 0 Å². The van der Waals surface area contributed by atoms with E-state index in [0.29, 0.717) is 13.1 Å². The number of nitrogens with one attached hydrogen (secondary N) is 1. The van der Waals surface area contributed by atoms with Gasteiger partial charge in [-0.1, -0.05) is 20.8 Å². The molecular formula is C19H27N5O2. The number of likely N-dealkylation sites (tertiary alicyclic amines) is 1. The van der Waals surface area contributed by atoms with Gasteiger partial charge >= 0.3 is 5.69 Å². The fourth-order valence-electron chi connectivity index (χ4n) is 3.45. The molecule has 0 saturated carbocycles. The first-order chi connectivity index (χ1) is 12.3. The number of piperidine rings is 1. The SMILES string of the molecule is CCn1ccnc1[C@@H]1CCCN(C(=O)c2cc(C(C)(C)C)[nH]c(=O)n2)C1. The standard InChI is InChI=1S/C19H27N5O2/c1-5-23-10-8-20-16(23)13-7-6-9-24(12-13)17(25)14-11-15(19(2,3)4)22-18(26)21-14/h8,10-11,13H,5-7,9,12H2,1-4H3,(H,21,22,26)/t13-/m1/s1. The van der Waals surface area contributed by atoms with Crippen molar-refractivity contribution in [3.63, 3.8) is 0 Å². The van der Waals surface area contributed by atoms with Crippen molar-refractivity contribution in [3.8, 4) is 0 Å². The normalized spacial score (nSPS) is 18.2. The summed E-state index contributed by atoms with van der Waals surface area (Å²) >= 11 is 0. The third-order valence-electron chi connectivity index (χ3n) is 4.93. The molecule has 0 bridgehead atoms. The van der Waals surface area contributed by atoms with Crippen LogP contribution < -0.4 is 5.69 Å². The Morgan fingerprint density at radius 1 is 1.38 bits per heavy atom. The van der Waals surface area contributed by atoms with Gasteiger partial charge in [-0.2, -0.15) is 4.98 Å². The maximum Gasteiger partial charge on any atom is 0.345 e. The van der Waals surface area contributed by atoms with Crippen LogP contribution >= 0.6 is 0 Å². The molecule has 0 unspecified atom stereocenters. The highest BCUT2D eigenvalue weighted by atomic mass is 16.2. The molecule has 1 aliphatic heterocycles. The summed E-state index contributed by atoms with van der Waals surface area (Å²) in [5, 5.41) is 0. The number of imidazole rings is 1. The van der Waals surface area contributed by atoms with Gasteiger partial charge in [-0.15, -0.1) is 0 Å². The summed E-state index contributed by atoms with van der Waals surface area (Å²) < 4.78 is 2.13. The summed E-state index contributed by atoms with van der Waals surface area (Å²) in [4.78, 5) is 37.9. The summed E-state index contributed by atoms with van der Waals surface area (Å²) in [6.07, 6.45) is 5.72. The number of hydrogen-bond donors (Lipinski definition) is 1. The molecule has 0 aliphatic carbocycles. The summed E-state index contributed by atoms with van der Waals surface area (Å²) in [6, 6.07) is 1.71. The van der Waals surface area contributed by atoms with E-state index in [0.717, 1.165) is 30.9 Å². The molecule has 3 heterocycles. The predicted molar refractivity (Wildman–Crippen MR) is 99.3 cm³/mol. The molecule has 1 N–H and O–H groups in total. The molecule has 1 aliphatic rings. The average Bonchev–Trinajstić information content (AvgIpc) is 3.08. The Labute approximate surface area is 153 Å². The van der Waals surface area contributed by atoms with Crippen molar-refractivity contribution in [3.05, 3.63) is 46.2 Å². The Morgan fingerprint density at radius 2 is 2.15 bits per heavy atom. The van der Waals surface area contributed by atoms with Crippen molar-refractivity contribution in [2.75, 3.05) is 13.1 Å². The summed E-state index contributed by atoms with van der Waals surface area (Å²) in [7, 11) is 0. The van der Waals surface area contributed by atoms with Gasteiger partial charge in [-0.25, -0.2) is 9.78 Å². The van der Waals surface area contributed by atoms with Crippen LogP contribution in [0, 0.1) is 0 Å². The number of aryl methyl sites for hydroxylation is 1. The highest BCUT2D eigenvalue weighted by Gasteiger charge is 2.29. The van der Waals surface area contributed by atoms with Crippen molar-refractivity contribution in [2.24, 2.45) is 0 Å². The number of carbonyl (C=O) groups excluding carboxylic acids is 1. The van der Waals surface area contributed by atoms with Crippen LogP contribution in [0.3, 0.4) is 0 Å². The molecule has 0 spiro atoms. The van der Waals surface area contributed by atoms with E-state index >= 15 is 0 Å². The van der Waals surface area contributed by atoms with Crippen LogP contribution in [-0.4, -0.2) is 43.4 Å². The predicted octanol–water partition coefficient (Wildman–Crippen LogP) is 2.30. The molecule has 7 nitrogen and oxygen atoms in total. The van der Waals surface area contributed by atoms with Crippen LogP contribution in [0.25, 0.3) is 0 Å². The highest BCUT2D eigenvalue weighted by molar-refractivity contribution is 5.92. The number of carbonyl (C=O) groups is 1. The number of H-pyrrole nitrogens is 1. The second kappa shape index (κ2) is 7.05. The molecule has 26 heavy (non-hydrogen) atoms. The number of amides is 1. The van der Waals surface area contributed by atoms with Crippen molar-refractivity contribution in [1.82, 2.24) is 24.4 Å². The highest BCUT2D eigenvalue weighted by Crippen LogP contribution is 2.27. The van der Waals surface area contributed by atoms with Crippen molar-refractivity contribution < 1.29 is 4.79 Å². The monoisotopic (exact) mass is 357 g/mol. The number of rotatable bonds is 3. The fraction of sp³-hybridized carbons (Fsp3) is 0.579. The minimum Gasteiger partial charge on any atom is -0.337 e. The molecule has 140 valence electrons. The molecule has 2 aromatic heterocycles. The summed E-state index contributed by atoms with van der Waals surface area (Å²) in [5.41, 5.74) is 0.206. The van der Waals surface area contributed by atoms with Crippen LogP contribution in [0.1, 0.15) is 68.5 Å². The first kappa shape index (κ1) is 18.4. The van der Waals surface area contributed by atoms with Crippen LogP contribution in [0.4, 0.5) is 0 Å². The van der Waals surface area contributed by atoms with E-state index < -0.39 is 5.69 Å². The van der Waals surface area contributed by atoms with Gasteiger partial charge in [0.1, 0.15) is 11.5 Å². The molecule has 1 atom stereocenters. The number of hydrogen-bond acceptors (Lipinski definition) is 4. The van der Waals surface area contributed by atoms with Crippen molar-refractivity contribution >= 4 is 5.91 Å². The summed E-state index contributed by atoms with van der Waals surface area (Å²) in [5.74, 6) is 1.06. The average molecular weight is 357 g/mol. The zero-order valence-corrected chi connectivity index (χ0v) is 16.0. The van der Waals surface area contributed by atoms with E-state index in [2.05, 4.69) is 26.4 Å². The lowest BCUT2D eigenvalue weighted by Crippen LogP contribution is -2.41. The van der Waals surface area contributed by atoms with E-state index in [-0.39, 0.29) is 22.9 Å². The minimum atomic E-state index is -0.476. The van der Waals surface area contributed by atoms with Gasteiger partial charge in [-0.05, 0) is 25.8 Å². The van der Waals surface area contributed by atoms with Gasteiger partial charge < -0.3 is 14.5 Å². The third kappa shape index (κ3) is 3.71. The van der Waals surface area contributed by atoms with Crippen LogP contribution in [0.5, 0.6) is 0 Å². The van der Waals surface area contributed by atoms with Crippen molar-refractivity contribution in [1.29, 1.82) is 0 Å². The second-order valence-electron chi connectivity index (χ2n) is 7.90. The number of aromatic amines is 1. The smallest absolute Gasteiger partial charge is 0.337 e. The molecule has 1 fully saturated rings. The van der Waals surface area contributed by atoms with Gasteiger partial charge in [0, 0.05) is 49.1 Å².